The van der Waals surface area contributed by atoms with Gasteiger partial charge in [-0.1, -0.05) is 0 Å². The number of nitrogens with zero attached hydrogens (tertiary/aromatic N) is 1. The normalized spacial score (nSPS) is 20.4. The number of anilines is 1. The third kappa shape index (κ3) is 3.54. The monoisotopic (exact) mass is 291 g/mol. The van der Waals surface area contributed by atoms with Crippen LogP contribution in [0.15, 0.2) is 12.3 Å². The van der Waals surface area contributed by atoms with Crippen LogP contribution in [0.2, 0.25) is 0 Å². The Labute approximate surface area is 126 Å². The van der Waals surface area contributed by atoms with Crippen LogP contribution in [-0.2, 0) is 6.54 Å². The molecule has 0 saturated heterocycles. The Kier molecular flexibility index (Phi) is 3.68. The molecule has 2 N–H and O–H groups in total. The van der Waals surface area contributed by atoms with E-state index in [1.54, 1.807) is 12.3 Å². The Hall–Kier alpha value is -1.16. The predicted octanol–water partition coefficient (Wildman–Crippen LogP) is 3.71. The van der Waals surface area contributed by atoms with Gasteiger partial charge in [0.2, 0.25) is 0 Å². The largest absolute Gasteiger partial charge is 0.367 e. The second-order valence-electron chi connectivity index (χ2n) is 7.73. The SMILES string of the molecule is CC(C)(C)NCc1ccnc(NCC2(C3CC3)CC2)c1F. The second kappa shape index (κ2) is 5.24. The van der Waals surface area contributed by atoms with Gasteiger partial charge in [-0.15, -0.1) is 0 Å². The van der Waals surface area contributed by atoms with Crippen LogP contribution in [-0.4, -0.2) is 17.1 Å². The third-order valence-electron chi connectivity index (χ3n) is 4.72. The highest BCUT2D eigenvalue weighted by Crippen LogP contribution is 2.61. The zero-order valence-electron chi connectivity index (χ0n) is 13.3. The van der Waals surface area contributed by atoms with Crippen molar-refractivity contribution < 1.29 is 4.39 Å². The fraction of sp³-hybridized carbons (Fsp3) is 0.706. The average molecular weight is 291 g/mol. The molecular weight excluding hydrogens is 265 g/mol. The highest BCUT2D eigenvalue weighted by atomic mass is 19.1. The highest BCUT2D eigenvalue weighted by molar-refractivity contribution is 5.40. The van der Waals surface area contributed by atoms with Crippen LogP contribution >= 0.6 is 0 Å². The molecule has 0 amide bonds. The molecule has 4 heteroatoms. The summed E-state index contributed by atoms with van der Waals surface area (Å²) in [6.07, 6.45) is 6.98. The topological polar surface area (TPSA) is 37.0 Å². The maximum Gasteiger partial charge on any atom is 0.169 e. The lowest BCUT2D eigenvalue weighted by Crippen LogP contribution is -2.35. The molecule has 0 aliphatic heterocycles. The van der Waals surface area contributed by atoms with Gasteiger partial charge in [0.1, 0.15) is 0 Å². The molecule has 0 spiro atoms. The summed E-state index contributed by atoms with van der Waals surface area (Å²) in [5, 5.41) is 6.58. The first-order chi connectivity index (χ1) is 9.90. The smallest absolute Gasteiger partial charge is 0.169 e. The Morgan fingerprint density at radius 1 is 1.33 bits per heavy atom. The molecule has 2 aliphatic carbocycles. The lowest BCUT2D eigenvalue weighted by Gasteiger charge is -2.21. The van der Waals surface area contributed by atoms with E-state index in [9.17, 15) is 4.39 Å². The van der Waals surface area contributed by atoms with Crippen molar-refractivity contribution >= 4 is 5.82 Å². The summed E-state index contributed by atoms with van der Waals surface area (Å²) in [4.78, 5) is 4.18. The van der Waals surface area contributed by atoms with Crippen molar-refractivity contribution in [1.82, 2.24) is 10.3 Å². The zero-order valence-corrected chi connectivity index (χ0v) is 13.3. The van der Waals surface area contributed by atoms with Crippen molar-refractivity contribution in [3.8, 4) is 0 Å². The van der Waals surface area contributed by atoms with Crippen molar-refractivity contribution in [1.29, 1.82) is 0 Å². The van der Waals surface area contributed by atoms with Crippen molar-refractivity contribution in [2.24, 2.45) is 11.3 Å². The first-order valence-electron chi connectivity index (χ1n) is 8.02. The average Bonchev–Trinajstić information content (AvgIpc) is 3.26. The molecule has 0 radical (unpaired) electrons. The van der Waals surface area contributed by atoms with Gasteiger partial charge in [0, 0.05) is 30.4 Å². The minimum absolute atomic E-state index is 0.0205. The van der Waals surface area contributed by atoms with Crippen LogP contribution in [0.3, 0.4) is 0 Å². The summed E-state index contributed by atoms with van der Waals surface area (Å²) < 4.78 is 14.5. The van der Waals surface area contributed by atoms with E-state index < -0.39 is 0 Å². The number of hydrogen-bond donors (Lipinski definition) is 2. The molecule has 1 aromatic heterocycles. The van der Waals surface area contributed by atoms with E-state index in [0.717, 1.165) is 12.5 Å². The fourth-order valence-electron chi connectivity index (χ4n) is 2.95. The molecule has 3 nitrogen and oxygen atoms in total. The minimum Gasteiger partial charge on any atom is -0.367 e. The van der Waals surface area contributed by atoms with Gasteiger partial charge in [-0.05, 0) is 63.9 Å². The van der Waals surface area contributed by atoms with E-state index in [0.29, 0.717) is 23.3 Å². The number of aromatic nitrogens is 1. The summed E-state index contributed by atoms with van der Waals surface area (Å²) in [7, 11) is 0. The molecule has 3 rings (SSSR count). The third-order valence-corrected chi connectivity index (χ3v) is 4.72. The number of nitrogens with one attached hydrogen (secondary N) is 2. The highest BCUT2D eigenvalue weighted by Gasteiger charge is 2.53. The Bertz CT molecular complexity index is 513. The number of rotatable bonds is 6. The zero-order chi connectivity index (χ0) is 15.1. The maximum atomic E-state index is 14.5. The van der Waals surface area contributed by atoms with Gasteiger partial charge < -0.3 is 10.6 Å². The van der Waals surface area contributed by atoms with E-state index in [2.05, 4.69) is 36.4 Å². The summed E-state index contributed by atoms with van der Waals surface area (Å²) >= 11 is 0. The number of hydrogen-bond acceptors (Lipinski definition) is 3. The summed E-state index contributed by atoms with van der Waals surface area (Å²) in [5.74, 6) is 1.08. The lowest BCUT2D eigenvalue weighted by atomic mass is 10.0. The summed E-state index contributed by atoms with van der Waals surface area (Å²) in [5.41, 5.74) is 1.11. The molecule has 0 unspecified atom stereocenters. The fourth-order valence-corrected chi connectivity index (χ4v) is 2.95. The van der Waals surface area contributed by atoms with E-state index in [1.807, 2.05) is 0 Å². The van der Waals surface area contributed by atoms with E-state index in [4.69, 9.17) is 0 Å². The Morgan fingerprint density at radius 3 is 2.62 bits per heavy atom. The molecule has 21 heavy (non-hydrogen) atoms. The molecule has 0 aromatic carbocycles. The summed E-state index contributed by atoms with van der Waals surface area (Å²) in [6, 6.07) is 1.76. The van der Waals surface area contributed by atoms with Crippen LogP contribution in [0.1, 0.15) is 52.0 Å². The molecule has 2 saturated carbocycles. The van der Waals surface area contributed by atoms with Gasteiger partial charge in [-0.3, -0.25) is 0 Å². The standard InChI is InChI=1S/C17H26FN3/c1-16(2,3)21-10-12-6-9-19-15(14(12)18)20-11-17(7-8-17)13-4-5-13/h6,9,13,21H,4-5,7-8,10-11H2,1-3H3,(H,19,20). The van der Waals surface area contributed by atoms with Gasteiger partial charge in [0.25, 0.3) is 0 Å². The van der Waals surface area contributed by atoms with Crippen LogP contribution < -0.4 is 10.6 Å². The minimum atomic E-state index is -0.208. The van der Waals surface area contributed by atoms with Crippen molar-refractivity contribution in [2.75, 3.05) is 11.9 Å². The van der Waals surface area contributed by atoms with Gasteiger partial charge in [-0.25, -0.2) is 9.37 Å². The predicted molar refractivity (Wildman–Crippen MR) is 83.7 cm³/mol. The molecular formula is C17H26FN3. The van der Waals surface area contributed by atoms with Crippen molar-refractivity contribution in [3.05, 3.63) is 23.6 Å². The van der Waals surface area contributed by atoms with E-state index in [-0.39, 0.29) is 11.4 Å². The van der Waals surface area contributed by atoms with E-state index >= 15 is 0 Å². The molecule has 0 bridgehead atoms. The maximum absolute atomic E-state index is 14.5. The Balaban J connectivity index is 1.62. The Morgan fingerprint density at radius 2 is 2.05 bits per heavy atom. The summed E-state index contributed by atoms with van der Waals surface area (Å²) in [6.45, 7) is 7.64. The first kappa shape index (κ1) is 14.8. The molecule has 0 atom stereocenters. The van der Waals surface area contributed by atoms with Crippen LogP contribution in [0, 0.1) is 17.2 Å². The van der Waals surface area contributed by atoms with Gasteiger partial charge in [0.15, 0.2) is 11.6 Å². The van der Waals surface area contributed by atoms with Crippen molar-refractivity contribution in [2.45, 2.75) is 58.5 Å². The second-order valence-corrected chi connectivity index (χ2v) is 7.73. The van der Waals surface area contributed by atoms with Gasteiger partial charge >= 0.3 is 0 Å². The van der Waals surface area contributed by atoms with E-state index in [1.165, 1.54) is 25.7 Å². The molecule has 1 heterocycles. The molecule has 2 fully saturated rings. The van der Waals surface area contributed by atoms with Gasteiger partial charge in [0.05, 0.1) is 0 Å². The number of pyridine rings is 1. The lowest BCUT2D eigenvalue weighted by molar-refractivity contribution is 0.418. The van der Waals surface area contributed by atoms with Crippen molar-refractivity contribution in [3.63, 3.8) is 0 Å². The molecule has 2 aliphatic rings. The van der Waals surface area contributed by atoms with Gasteiger partial charge in [-0.2, -0.15) is 0 Å². The van der Waals surface area contributed by atoms with Crippen LogP contribution in [0.5, 0.6) is 0 Å². The molecule has 1 aromatic rings. The van der Waals surface area contributed by atoms with Crippen LogP contribution in [0.4, 0.5) is 10.2 Å². The number of halogens is 1. The van der Waals surface area contributed by atoms with Crippen LogP contribution in [0.25, 0.3) is 0 Å². The first-order valence-corrected chi connectivity index (χ1v) is 8.02. The molecule has 116 valence electrons. The quantitative estimate of drug-likeness (QED) is 0.839.